The minimum absolute atomic E-state index is 0. The van der Waals surface area contributed by atoms with E-state index in [-0.39, 0.29) is 36.6 Å². The van der Waals surface area contributed by atoms with E-state index < -0.39 is 11.8 Å². The van der Waals surface area contributed by atoms with Crippen molar-refractivity contribution >= 4 is 38.9 Å². The van der Waals surface area contributed by atoms with E-state index >= 15 is 0 Å². The van der Waals surface area contributed by atoms with E-state index in [1.54, 1.807) is 12.3 Å². The number of para-hydroxylation sites is 1. The number of imidazole rings is 1. The number of fused-ring (bicyclic) bond motifs is 4. The number of aromatic nitrogens is 4. The van der Waals surface area contributed by atoms with Gasteiger partial charge in [0.1, 0.15) is 5.58 Å². The van der Waals surface area contributed by atoms with Crippen molar-refractivity contribution in [2.24, 2.45) is 0 Å². The maximum atomic E-state index is 13.9. The number of hydrogen-bond acceptors (Lipinski definition) is 5. The number of benzene rings is 5. The predicted octanol–water partition coefficient (Wildman–Crippen LogP) is 13.7. The van der Waals surface area contributed by atoms with Gasteiger partial charge in [-0.1, -0.05) is 144 Å². The van der Waals surface area contributed by atoms with E-state index in [0.29, 0.717) is 17.5 Å². The summed E-state index contributed by atoms with van der Waals surface area (Å²) in [6.07, 6.45) is 3.65. The minimum Gasteiger partial charge on any atom is -0.501 e. The first-order valence-electron chi connectivity index (χ1n) is 20.5. The van der Waals surface area contributed by atoms with Crippen molar-refractivity contribution < 1.29 is 38.8 Å². The van der Waals surface area contributed by atoms with E-state index in [1.807, 2.05) is 31.3 Å². The van der Waals surface area contributed by atoms with Crippen LogP contribution < -0.4 is 0 Å². The van der Waals surface area contributed by atoms with Crippen LogP contribution in [0, 0.1) is 24.9 Å². The van der Waals surface area contributed by atoms with Crippen LogP contribution in [0.5, 0.6) is 0 Å². The van der Waals surface area contributed by atoms with Crippen LogP contribution in [0.3, 0.4) is 0 Å². The normalized spacial score (nSPS) is 11.6. The number of rotatable bonds is 7. The van der Waals surface area contributed by atoms with Gasteiger partial charge in [-0.2, -0.15) is 0 Å². The molecule has 0 atom stereocenters. The molecule has 0 spiro atoms. The molecule has 1 N–H and O–H groups in total. The second-order valence-corrected chi connectivity index (χ2v) is 17.1. The Bertz CT molecular complexity index is 3050. The maximum absolute atomic E-state index is 13.9. The van der Waals surface area contributed by atoms with E-state index in [4.69, 9.17) is 19.5 Å². The topological polar surface area (TPSA) is 94.0 Å². The van der Waals surface area contributed by atoms with Gasteiger partial charge in [-0.3, -0.25) is 19.2 Å². The Hall–Kier alpha value is -6.28. The standard InChI is InChI=1S/C37H32N3O.C16H15FNO2.Ir/c1-22(2)27-13-9-14-28(23(3)4)35(27)40-33-21-38-24(5)19-32(33)39-37(40)31-16-10-15-30-29-18-17-26(20-34(29)41-36(30)31)25-11-7-6-8-12-25;1-16(2,3)11-5-7-14(18-9-11)12-6-4-10(15(19)20)8-13(12)17;/h6-15,17-23H,1-5H3;4-5,7-9H,1-3H3,(H,19,20);/q2*-1;. The maximum Gasteiger partial charge on any atom is 0.292 e. The number of nitrogens with zero attached hydrogens (tertiary/aromatic N) is 4. The Kier molecular flexibility index (Phi) is 12.4. The number of halogens is 1. The van der Waals surface area contributed by atoms with Crippen LogP contribution in [0.15, 0.2) is 126 Å². The van der Waals surface area contributed by atoms with Crippen LogP contribution >= 0.6 is 0 Å². The van der Waals surface area contributed by atoms with Gasteiger partial charge in [0, 0.05) is 48.9 Å². The Morgan fingerprint density at radius 1 is 0.790 bits per heavy atom. The number of hydrogen-bond donors (Lipinski definition) is 1. The molecular formula is C53H47FIrN4O3-2. The summed E-state index contributed by atoms with van der Waals surface area (Å²) in [5.41, 5.74) is 12.9. The quantitative estimate of drug-likeness (QED) is 0.160. The van der Waals surface area contributed by atoms with Crippen molar-refractivity contribution in [1.82, 2.24) is 19.5 Å². The number of furan rings is 1. The molecule has 5 aromatic carbocycles. The van der Waals surface area contributed by atoms with Gasteiger partial charge in [0.05, 0.1) is 28.6 Å². The fourth-order valence-electron chi connectivity index (χ4n) is 7.73. The molecule has 0 aliphatic carbocycles. The summed E-state index contributed by atoms with van der Waals surface area (Å²) in [4.78, 5) is 24.9. The van der Waals surface area contributed by atoms with Gasteiger partial charge in [0.2, 0.25) is 0 Å². The van der Waals surface area contributed by atoms with E-state index in [2.05, 4.69) is 143 Å². The number of aromatic carboxylic acids is 1. The van der Waals surface area contributed by atoms with Crippen molar-refractivity contribution in [2.45, 2.75) is 72.6 Å². The zero-order valence-corrected chi connectivity index (χ0v) is 38.4. The van der Waals surface area contributed by atoms with Crippen molar-refractivity contribution in [3.05, 3.63) is 167 Å². The summed E-state index contributed by atoms with van der Waals surface area (Å²) in [6, 6.07) is 41.7. The number of carbonyl (C=O) groups is 1. The van der Waals surface area contributed by atoms with Gasteiger partial charge in [-0.05, 0) is 75.4 Å². The molecule has 9 rings (SSSR count). The molecule has 4 heterocycles. The number of aryl methyl sites for hydroxylation is 1. The molecule has 7 nitrogen and oxygen atoms in total. The second-order valence-electron chi connectivity index (χ2n) is 17.1. The largest absolute Gasteiger partial charge is 0.501 e. The molecule has 0 saturated heterocycles. The fraction of sp³-hybridized carbons (Fsp3) is 0.208. The summed E-state index contributed by atoms with van der Waals surface area (Å²) < 4.78 is 22.9. The Morgan fingerprint density at radius 3 is 2.15 bits per heavy atom. The Labute approximate surface area is 375 Å². The third-order valence-corrected chi connectivity index (χ3v) is 11.0. The Morgan fingerprint density at radius 2 is 1.52 bits per heavy atom. The van der Waals surface area contributed by atoms with Crippen LogP contribution in [-0.2, 0) is 25.5 Å². The molecule has 1 radical (unpaired) electrons. The molecular weight excluding hydrogens is 952 g/mol. The van der Waals surface area contributed by atoms with Gasteiger partial charge in [0.25, 0.3) is 5.97 Å². The molecule has 0 aliphatic heterocycles. The van der Waals surface area contributed by atoms with Gasteiger partial charge < -0.3 is 19.1 Å². The van der Waals surface area contributed by atoms with Crippen LogP contribution in [-0.4, -0.2) is 30.6 Å². The van der Waals surface area contributed by atoms with Crippen LogP contribution in [0.4, 0.5) is 4.39 Å². The zero-order chi connectivity index (χ0) is 43.2. The summed E-state index contributed by atoms with van der Waals surface area (Å²) in [5, 5.41) is 10.9. The molecule has 315 valence electrons. The van der Waals surface area contributed by atoms with Crippen molar-refractivity contribution in [1.29, 1.82) is 0 Å². The van der Waals surface area contributed by atoms with Gasteiger partial charge in [-0.25, -0.2) is 0 Å². The molecule has 0 saturated carbocycles. The third-order valence-electron chi connectivity index (χ3n) is 11.0. The number of pyridine rings is 2. The van der Waals surface area contributed by atoms with Crippen LogP contribution in [0.2, 0.25) is 0 Å². The van der Waals surface area contributed by atoms with Crippen LogP contribution in [0.25, 0.3) is 72.4 Å². The van der Waals surface area contributed by atoms with Crippen LogP contribution in [0.1, 0.15) is 93.0 Å². The summed E-state index contributed by atoms with van der Waals surface area (Å²) in [6.45, 7) is 17.2. The smallest absolute Gasteiger partial charge is 0.292 e. The molecule has 0 bridgehead atoms. The van der Waals surface area contributed by atoms with Gasteiger partial charge >= 0.3 is 0 Å². The fourth-order valence-corrected chi connectivity index (χ4v) is 7.73. The SMILES string of the molecule is CC(C)(C)c1ccc(-c2[c-]cc(C(=O)O)cc2F)nc1.Cc1cc2nc(-c3[c-]ccc4c3oc3cc(-c5ccccc5)ccc34)n(-c3c(C(C)C)cccc3C(C)C)c2cn1.[Ir]. The molecule has 0 aliphatic rings. The first-order chi connectivity index (χ1) is 29.2. The zero-order valence-electron chi connectivity index (χ0n) is 36.0. The van der Waals surface area contributed by atoms with E-state index in [0.717, 1.165) is 72.8 Å². The minimum atomic E-state index is -1.18. The summed E-state index contributed by atoms with van der Waals surface area (Å²) >= 11 is 0. The molecule has 0 unspecified atom stereocenters. The van der Waals surface area contributed by atoms with Crippen molar-refractivity contribution in [2.75, 3.05) is 0 Å². The average Bonchev–Trinajstić information content (AvgIpc) is 3.81. The number of carboxylic acids is 1. The third kappa shape index (κ3) is 8.48. The van der Waals surface area contributed by atoms with E-state index in [9.17, 15) is 9.18 Å². The van der Waals surface area contributed by atoms with E-state index in [1.165, 1.54) is 22.9 Å². The molecule has 4 aromatic heterocycles. The first kappa shape index (κ1) is 43.8. The second kappa shape index (κ2) is 17.6. The summed E-state index contributed by atoms with van der Waals surface area (Å²) in [7, 11) is 0. The molecule has 9 heteroatoms. The molecule has 62 heavy (non-hydrogen) atoms. The predicted molar refractivity (Wildman–Crippen MR) is 243 cm³/mol. The monoisotopic (exact) mass is 999 g/mol. The van der Waals surface area contributed by atoms with Gasteiger partial charge in [-0.15, -0.1) is 30.3 Å². The van der Waals surface area contributed by atoms with Crippen molar-refractivity contribution in [3.8, 4) is 39.5 Å². The summed E-state index contributed by atoms with van der Waals surface area (Å²) in [5.74, 6) is -0.344. The van der Waals surface area contributed by atoms with Crippen molar-refractivity contribution in [3.63, 3.8) is 0 Å². The Balaban J connectivity index is 0.000000233. The van der Waals surface area contributed by atoms with Gasteiger partial charge in [0.15, 0.2) is 0 Å². The number of carboxylic acid groups (broad SMARTS) is 1. The molecule has 0 amide bonds. The molecule has 9 aromatic rings. The first-order valence-corrected chi connectivity index (χ1v) is 20.5. The molecule has 0 fully saturated rings. The average molecular weight is 999 g/mol.